The molecule has 2 N–H and O–H groups in total. The van der Waals surface area contributed by atoms with Crippen LogP contribution in [0.4, 0.5) is 11.4 Å². The maximum absolute atomic E-state index is 12.0. The predicted molar refractivity (Wildman–Crippen MR) is 117 cm³/mol. The predicted octanol–water partition coefficient (Wildman–Crippen LogP) is 5.01. The van der Waals surface area contributed by atoms with Gasteiger partial charge in [0.25, 0.3) is 5.91 Å². The Bertz CT molecular complexity index is 918. The van der Waals surface area contributed by atoms with E-state index in [2.05, 4.69) is 26.6 Å². The highest BCUT2D eigenvalue weighted by Crippen LogP contribution is 2.24. The molecular weight excluding hydrogens is 460 g/mol. The van der Waals surface area contributed by atoms with Gasteiger partial charge in [0.2, 0.25) is 5.91 Å². The summed E-state index contributed by atoms with van der Waals surface area (Å²) in [5, 5.41) is 5.96. The molecule has 0 aliphatic rings. The van der Waals surface area contributed by atoms with Crippen LogP contribution < -0.4 is 10.6 Å². The van der Waals surface area contributed by atoms with E-state index in [0.717, 1.165) is 15.6 Å². The Hall–Kier alpha value is -2.38. The van der Waals surface area contributed by atoms with Crippen LogP contribution in [0.1, 0.15) is 30.4 Å². The number of benzene rings is 2. The number of aryl methyl sites for hydroxylation is 2. The Morgan fingerprint density at radius 2 is 1.76 bits per heavy atom. The first-order chi connectivity index (χ1) is 13.7. The molecule has 2 aromatic rings. The number of nitrogens with one attached hydrogen (secondary N) is 2. The average Bonchev–Trinajstić information content (AvgIpc) is 2.64. The van der Waals surface area contributed by atoms with Crippen LogP contribution >= 0.6 is 27.5 Å². The lowest BCUT2D eigenvalue weighted by atomic mass is 10.1. The van der Waals surface area contributed by atoms with Crippen LogP contribution in [0.15, 0.2) is 40.9 Å². The van der Waals surface area contributed by atoms with Crippen LogP contribution in [-0.2, 0) is 19.1 Å². The topological polar surface area (TPSA) is 84.5 Å². The summed E-state index contributed by atoms with van der Waals surface area (Å²) >= 11 is 9.30. The zero-order valence-electron chi connectivity index (χ0n) is 16.2. The lowest BCUT2D eigenvalue weighted by Gasteiger charge is -2.11. The summed E-state index contributed by atoms with van der Waals surface area (Å²) in [6.45, 7) is 3.42. The van der Waals surface area contributed by atoms with Gasteiger partial charge in [-0.15, -0.1) is 0 Å². The van der Waals surface area contributed by atoms with E-state index in [1.54, 1.807) is 24.3 Å². The van der Waals surface area contributed by atoms with Crippen molar-refractivity contribution in [1.29, 1.82) is 0 Å². The summed E-state index contributed by atoms with van der Waals surface area (Å²) in [6.07, 6.45) is 0.524. The molecule has 0 aliphatic heterocycles. The smallest absolute Gasteiger partial charge is 0.306 e. The molecular formula is C21H22BrClN2O4. The maximum atomic E-state index is 12.0. The quantitative estimate of drug-likeness (QED) is 0.519. The Morgan fingerprint density at radius 3 is 2.48 bits per heavy atom. The highest BCUT2D eigenvalue weighted by atomic mass is 79.9. The van der Waals surface area contributed by atoms with Crippen molar-refractivity contribution < 1.29 is 19.1 Å². The fraction of sp³-hybridized carbons (Fsp3) is 0.286. The lowest BCUT2D eigenvalue weighted by Crippen LogP contribution is -2.21. The standard InChI is InChI=1S/C21H22BrClN2O4/c1-13-10-18(14(2)9-17(13)22)25-20(27)12-29-21(28)8-4-7-19(26)24-16-6-3-5-15(23)11-16/h3,5-6,9-11H,4,7-8,12H2,1-2H3,(H,24,26)(H,25,27). The first-order valence-electron chi connectivity index (χ1n) is 9.02. The molecule has 6 nitrogen and oxygen atoms in total. The summed E-state index contributed by atoms with van der Waals surface area (Å²) in [5.74, 6) is -1.17. The minimum absolute atomic E-state index is 0.0483. The Morgan fingerprint density at radius 1 is 1.00 bits per heavy atom. The van der Waals surface area contributed by atoms with Crippen LogP contribution in [0.5, 0.6) is 0 Å². The first-order valence-corrected chi connectivity index (χ1v) is 10.2. The van der Waals surface area contributed by atoms with E-state index < -0.39 is 11.9 Å². The number of rotatable bonds is 8. The molecule has 29 heavy (non-hydrogen) atoms. The van der Waals surface area contributed by atoms with E-state index in [4.69, 9.17) is 16.3 Å². The van der Waals surface area contributed by atoms with Gasteiger partial charge in [-0.1, -0.05) is 33.6 Å². The number of amides is 2. The Balaban J connectivity index is 1.68. The summed E-state index contributed by atoms with van der Waals surface area (Å²) in [7, 11) is 0. The van der Waals surface area contributed by atoms with Gasteiger partial charge in [-0.2, -0.15) is 0 Å². The number of hydrogen-bond donors (Lipinski definition) is 2. The molecule has 0 bridgehead atoms. The third-order valence-electron chi connectivity index (χ3n) is 4.04. The highest BCUT2D eigenvalue weighted by molar-refractivity contribution is 9.10. The molecule has 8 heteroatoms. The largest absolute Gasteiger partial charge is 0.456 e. The summed E-state index contributed by atoms with van der Waals surface area (Å²) in [5.41, 5.74) is 3.15. The van der Waals surface area contributed by atoms with Gasteiger partial charge in [-0.3, -0.25) is 14.4 Å². The number of halogens is 2. The van der Waals surface area contributed by atoms with Crippen molar-refractivity contribution >= 4 is 56.7 Å². The van der Waals surface area contributed by atoms with E-state index in [1.807, 2.05) is 26.0 Å². The second-order valence-electron chi connectivity index (χ2n) is 6.54. The van der Waals surface area contributed by atoms with Crippen LogP contribution in [0.25, 0.3) is 0 Å². The molecule has 0 saturated heterocycles. The second-order valence-corrected chi connectivity index (χ2v) is 7.83. The minimum atomic E-state index is -0.528. The van der Waals surface area contributed by atoms with E-state index in [9.17, 15) is 14.4 Å². The molecule has 154 valence electrons. The summed E-state index contributed by atoms with van der Waals surface area (Å²) in [4.78, 5) is 35.7. The number of carbonyl (C=O) groups is 3. The normalized spacial score (nSPS) is 10.3. The van der Waals surface area contributed by atoms with Gasteiger partial charge < -0.3 is 15.4 Å². The molecule has 0 atom stereocenters. The van der Waals surface area contributed by atoms with Crippen molar-refractivity contribution in [1.82, 2.24) is 0 Å². The van der Waals surface area contributed by atoms with Gasteiger partial charge in [0, 0.05) is 33.7 Å². The zero-order chi connectivity index (χ0) is 21.4. The number of ether oxygens (including phenoxy) is 1. The molecule has 0 heterocycles. The number of esters is 1. The number of hydrogen-bond acceptors (Lipinski definition) is 4. The van der Waals surface area contributed by atoms with Crippen molar-refractivity contribution in [3.63, 3.8) is 0 Å². The van der Waals surface area contributed by atoms with E-state index in [-0.39, 0.29) is 25.4 Å². The van der Waals surface area contributed by atoms with Gasteiger partial charge in [0.1, 0.15) is 0 Å². The molecule has 0 aliphatic carbocycles. The van der Waals surface area contributed by atoms with Gasteiger partial charge in [-0.25, -0.2) is 0 Å². The number of carbonyl (C=O) groups excluding carboxylic acids is 3. The van der Waals surface area contributed by atoms with Gasteiger partial charge >= 0.3 is 5.97 Å². The summed E-state index contributed by atoms with van der Waals surface area (Å²) < 4.78 is 5.93. The van der Waals surface area contributed by atoms with Crippen LogP contribution in [0, 0.1) is 13.8 Å². The third kappa shape index (κ3) is 7.87. The van der Waals surface area contributed by atoms with E-state index >= 15 is 0 Å². The summed E-state index contributed by atoms with van der Waals surface area (Å²) in [6, 6.07) is 10.6. The fourth-order valence-corrected chi connectivity index (χ4v) is 3.15. The van der Waals surface area contributed by atoms with Crippen molar-refractivity contribution in [3.8, 4) is 0 Å². The first kappa shape index (κ1) is 22.9. The Labute approximate surface area is 183 Å². The third-order valence-corrected chi connectivity index (χ3v) is 5.13. The van der Waals surface area contributed by atoms with Crippen molar-refractivity contribution in [3.05, 3.63) is 57.0 Å². The molecule has 2 rings (SSSR count). The van der Waals surface area contributed by atoms with Gasteiger partial charge in [-0.05, 0) is 61.7 Å². The van der Waals surface area contributed by atoms with E-state index in [0.29, 0.717) is 22.8 Å². The molecule has 0 aromatic heterocycles. The van der Waals surface area contributed by atoms with Crippen LogP contribution in [-0.4, -0.2) is 24.4 Å². The van der Waals surface area contributed by atoms with Crippen LogP contribution in [0.3, 0.4) is 0 Å². The van der Waals surface area contributed by atoms with Crippen molar-refractivity contribution in [2.45, 2.75) is 33.1 Å². The van der Waals surface area contributed by atoms with Crippen molar-refractivity contribution in [2.24, 2.45) is 0 Å². The SMILES string of the molecule is Cc1cc(NC(=O)COC(=O)CCCC(=O)Nc2cccc(Cl)c2)c(C)cc1Br. The molecule has 0 radical (unpaired) electrons. The maximum Gasteiger partial charge on any atom is 0.306 e. The van der Waals surface area contributed by atoms with E-state index in [1.165, 1.54) is 0 Å². The lowest BCUT2D eigenvalue weighted by molar-refractivity contribution is -0.147. The number of anilines is 2. The molecule has 0 fully saturated rings. The van der Waals surface area contributed by atoms with Crippen LogP contribution in [0.2, 0.25) is 5.02 Å². The molecule has 0 spiro atoms. The van der Waals surface area contributed by atoms with Gasteiger partial charge in [0.05, 0.1) is 0 Å². The van der Waals surface area contributed by atoms with Crippen molar-refractivity contribution in [2.75, 3.05) is 17.2 Å². The molecule has 2 aromatic carbocycles. The molecule has 2 amide bonds. The van der Waals surface area contributed by atoms with Gasteiger partial charge in [0.15, 0.2) is 6.61 Å². The minimum Gasteiger partial charge on any atom is -0.456 e. The Kier molecular flexibility index (Phi) is 8.67. The second kappa shape index (κ2) is 11.0. The molecule has 0 unspecified atom stereocenters. The molecule has 0 saturated carbocycles. The fourth-order valence-electron chi connectivity index (χ4n) is 2.50. The average molecular weight is 482 g/mol. The monoisotopic (exact) mass is 480 g/mol. The highest BCUT2D eigenvalue weighted by Gasteiger charge is 2.11. The zero-order valence-corrected chi connectivity index (χ0v) is 18.5.